The van der Waals surface area contributed by atoms with Crippen molar-refractivity contribution >= 4 is 17.7 Å². The zero-order valence-corrected chi connectivity index (χ0v) is 10.7. The van der Waals surface area contributed by atoms with Crippen molar-refractivity contribution in [2.45, 2.75) is 26.9 Å². The van der Waals surface area contributed by atoms with E-state index in [1.807, 2.05) is 0 Å². The molecule has 0 bridgehead atoms. The highest BCUT2D eigenvalue weighted by molar-refractivity contribution is 6.34. The van der Waals surface area contributed by atoms with Crippen LogP contribution in [0.5, 0.6) is 0 Å². The summed E-state index contributed by atoms with van der Waals surface area (Å²) in [6, 6.07) is 0. The van der Waals surface area contributed by atoms with E-state index in [9.17, 15) is 19.5 Å². The molecule has 0 saturated carbocycles. The lowest BCUT2D eigenvalue weighted by atomic mass is 9.87. The number of aliphatic hydroxyl groups excluding tert-OH is 2. The average Bonchev–Trinajstić information content (AvgIpc) is 2.34. The number of nitrogens with one attached hydrogen (secondary N) is 1. The predicted molar refractivity (Wildman–Crippen MR) is 61.5 cm³/mol. The third kappa shape index (κ3) is 4.80. The van der Waals surface area contributed by atoms with E-state index in [1.54, 1.807) is 6.92 Å². The first-order valence-corrected chi connectivity index (χ1v) is 5.52. The molecule has 0 heterocycles. The van der Waals surface area contributed by atoms with Gasteiger partial charge in [-0.1, -0.05) is 13.8 Å². The molecule has 0 aromatic carbocycles. The van der Waals surface area contributed by atoms with Crippen molar-refractivity contribution in [1.82, 2.24) is 5.32 Å². The largest absolute Gasteiger partial charge is 0.460 e. The molecular formula is C11H19NO6. The number of carbonyl (C=O) groups excluding carboxylic acids is 3. The lowest BCUT2D eigenvalue weighted by Crippen LogP contribution is -2.47. The van der Waals surface area contributed by atoms with Crippen molar-refractivity contribution in [3.63, 3.8) is 0 Å². The van der Waals surface area contributed by atoms with Crippen molar-refractivity contribution in [2.24, 2.45) is 5.41 Å². The van der Waals surface area contributed by atoms with E-state index < -0.39 is 42.3 Å². The zero-order valence-electron chi connectivity index (χ0n) is 10.7. The van der Waals surface area contributed by atoms with Crippen LogP contribution >= 0.6 is 0 Å². The van der Waals surface area contributed by atoms with Gasteiger partial charge in [0.25, 0.3) is 5.78 Å². The lowest BCUT2D eigenvalue weighted by Gasteiger charge is -2.26. The third-order valence-corrected chi connectivity index (χ3v) is 2.32. The number of amides is 1. The SMILES string of the molecule is CCOC(=O)C(=O)CNC(=O)C(O)C(C)(C)CO. The Morgan fingerprint density at radius 1 is 1.33 bits per heavy atom. The van der Waals surface area contributed by atoms with Crippen molar-refractivity contribution < 1.29 is 29.3 Å². The first kappa shape index (κ1) is 16.5. The maximum atomic E-state index is 11.5. The molecule has 3 N–H and O–H groups in total. The molecule has 7 nitrogen and oxygen atoms in total. The minimum absolute atomic E-state index is 0.0681. The molecule has 0 fully saturated rings. The number of hydrogen-bond donors (Lipinski definition) is 3. The summed E-state index contributed by atoms with van der Waals surface area (Å²) in [5.41, 5.74) is -1.03. The van der Waals surface area contributed by atoms with Crippen LogP contribution in [-0.4, -0.2) is 53.7 Å². The number of Topliss-reactive ketones (excluding diaryl/α,β-unsaturated/α-hetero) is 1. The van der Waals surface area contributed by atoms with Crippen LogP contribution in [0.1, 0.15) is 20.8 Å². The molecule has 1 atom stereocenters. The summed E-state index contributed by atoms with van der Waals surface area (Å²) >= 11 is 0. The molecule has 0 aliphatic rings. The van der Waals surface area contributed by atoms with E-state index in [2.05, 4.69) is 10.1 Å². The summed E-state index contributed by atoms with van der Waals surface area (Å²) in [5, 5.41) is 20.7. The Morgan fingerprint density at radius 3 is 2.33 bits per heavy atom. The van der Waals surface area contributed by atoms with Gasteiger partial charge in [0.05, 0.1) is 19.8 Å². The van der Waals surface area contributed by atoms with Crippen LogP contribution in [-0.2, 0) is 19.1 Å². The monoisotopic (exact) mass is 261 g/mol. The van der Waals surface area contributed by atoms with Gasteiger partial charge in [0.1, 0.15) is 6.10 Å². The maximum Gasteiger partial charge on any atom is 0.376 e. The topological polar surface area (TPSA) is 113 Å². The van der Waals surface area contributed by atoms with Gasteiger partial charge in [-0.25, -0.2) is 4.79 Å². The Bertz CT molecular complexity index is 325. The summed E-state index contributed by atoms with van der Waals surface area (Å²) in [7, 11) is 0. The summed E-state index contributed by atoms with van der Waals surface area (Å²) < 4.78 is 4.44. The average molecular weight is 261 g/mol. The zero-order chi connectivity index (χ0) is 14.3. The van der Waals surface area contributed by atoms with E-state index in [1.165, 1.54) is 13.8 Å². The highest BCUT2D eigenvalue weighted by Crippen LogP contribution is 2.19. The number of aliphatic hydroxyl groups is 2. The second kappa shape index (κ2) is 7.07. The third-order valence-electron chi connectivity index (χ3n) is 2.32. The molecule has 0 radical (unpaired) electrons. The van der Waals surface area contributed by atoms with Gasteiger partial charge >= 0.3 is 5.97 Å². The van der Waals surface area contributed by atoms with E-state index in [4.69, 9.17) is 5.11 Å². The van der Waals surface area contributed by atoms with Crippen LogP contribution in [0.4, 0.5) is 0 Å². The summed E-state index contributed by atoms with van der Waals surface area (Å²) in [4.78, 5) is 33.6. The maximum absolute atomic E-state index is 11.5. The van der Waals surface area contributed by atoms with Crippen LogP contribution in [0, 0.1) is 5.41 Å². The highest BCUT2D eigenvalue weighted by atomic mass is 16.5. The van der Waals surface area contributed by atoms with Crippen LogP contribution < -0.4 is 5.32 Å². The Morgan fingerprint density at radius 2 is 1.89 bits per heavy atom. The number of ether oxygens (including phenoxy) is 1. The molecule has 7 heteroatoms. The number of esters is 1. The van der Waals surface area contributed by atoms with Gasteiger partial charge in [-0.15, -0.1) is 0 Å². The van der Waals surface area contributed by atoms with E-state index in [0.29, 0.717) is 0 Å². The van der Waals surface area contributed by atoms with Crippen LogP contribution in [0.3, 0.4) is 0 Å². The van der Waals surface area contributed by atoms with Crippen molar-refractivity contribution in [1.29, 1.82) is 0 Å². The van der Waals surface area contributed by atoms with Crippen molar-refractivity contribution in [3.05, 3.63) is 0 Å². The number of carbonyl (C=O) groups is 3. The van der Waals surface area contributed by atoms with Crippen molar-refractivity contribution in [3.8, 4) is 0 Å². The standard InChI is InChI=1S/C11H19NO6/c1-4-18-10(17)7(14)5-12-9(16)8(15)11(2,3)6-13/h8,13,15H,4-6H2,1-3H3,(H,12,16). The minimum Gasteiger partial charge on any atom is -0.460 e. The van der Waals surface area contributed by atoms with Crippen molar-refractivity contribution in [2.75, 3.05) is 19.8 Å². The molecule has 104 valence electrons. The molecule has 0 rings (SSSR count). The minimum atomic E-state index is -1.47. The lowest BCUT2D eigenvalue weighted by molar-refractivity contribution is -0.153. The Kier molecular flexibility index (Phi) is 6.50. The molecule has 1 amide bonds. The first-order chi connectivity index (χ1) is 8.26. The second-order valence-electron chi connectivity index (χ2n) is 4.41. The molecule has 18 heavy (non-hydrogen) atoms. The quantitative estimate of drug-likeness (QED) is 0.384. The molecule has 0 aliphatic carbocycles. The van der Waals surface area contributed by atoms with E-state index in [-0.39, 0.29) is 6.61 Å². The molecule has 0 aromatic rings. The predicted octanol–water partition coefficient (Wildman–Crippen LogP) is -1.39. The summed E-state index contributed by atoms with van der Waals surface area (Å²) in [5.74, 6) is -2.76. The number of ketones is 1. The van der Waals surface area contributed by atoms with E-state index in [0.717, 1.165) is 0 Å². The van der Waals surface area contributed by atoms with Gasteiger partial charge in [-0.3, -0.25) is 9.59 Å². The fourth-order valence-electron chi connectivity index (χ4n) is 0.989. The Balaban J connectivity index is 4.27. The van der Waals surface area contributed by atoms with E-state index >= 15 is 0 Å². The second-order valence-corrected chi connectivity index (χ2v) is 4.41. The van der Waals surface area contributed by atoms with Gasteiger partial charge < -0.3 is 20.3 Å². The normalized spacial score (nSPS) is 12.7. The molecule has 0 aliphatic heterocycles. The van der Waals surface area contributed by atoms with Gasteiger partial charge in [0.2, 0.25) is 5.91 Å². The molecule has 0 aromatic heterocycles. The molecule has 0 spiro atoms. The number of hydrogen-bond acceptors (Lipinski definition) is 6. The molecule has 0 saturated heterocycles. The van der Waals surface area contributed by atoms with Gasteiger partial charge in [-0.05, 0) is 6.92 Å². The fraction of sp³-hybridized carbons (Fsp3) is 0.727. The molecule has 1 unspecified atom stereocenters. The van der Waals surface area contributed by atoms with Gasteiger partial charge in [0, 0.05) is 5.41 Å². The highest BCUT2D eigenvalue weighted by Gasteiger charge is 2.33. The van der Waals surface area contributed by atoms with Crippen LogP contribution in [0.15, 0.2) is 0 Å². The molecular weight excluding hydrogens is 242 g/mol. The Labute approximate surface area is 105 Å². The van der Waals surface area contributed by atoms with Crippen LogP contribution in [0.25, 0.3) is 0 Å². The fourth-order valence-corrected chi connectivity index (χ4v) is 0.989. The van der Waals surface area contributed by atoms with Gasteiger partial charge in [-0.2, -0.15) is 0 Å². The Hall–Kier alpha value is -1.47. The summed E-state index contributed by atoms with van der Waals surface area (Å²) in [6.45, 7) is 3.66. The summed E-state index contributed by atoms with van der Waals surface area (Å²) in [6.07, 6.45) is -1.47. The first-order valence-electron chi connectivity index (χ1n) is 5.52. The van der Waals surface area contributed by atoms with Crippen LogP contribution in [0.2, 0.25) is 0 Å². The smallest absolute Gasteiger partial charge is 0.376 e. The van der Waals surface area contributed by atoms with Gasteiger partial charge in [0.15, 0.2) is 0 Å². The number of rotatable bonds is 7.